The van der Waals surface area contributed by atoms with Crippen molar-refractivity contribution in [1.29, 1.82) is 0 Å². The first-order valence-electron chi connectivity index (χ1n) is 7.81. The Balaban J connectivity index is 1.51. The Morgan fingerprint density at radius 1 is 1.26 bits per heavy atom. The van der Waals surface area contributed by atoms with E-state index in [0.29, 0.717) is 12.5 Å². The van der Waals surface area contributed by atoms with E-state index < -0.39 is 17.7 Å². The molecule has 23 heavy (non-hydrogen) atoms. The minimum atomic E-state index is -1.02. The van der Waals surface area contributed by atoms with Crippen molar-refractivity contribution in [1.82, 2.24) is 19.9 Å². The molecule has 1 atom stereocenters. The van der Waals surface area contributed by atoms with Gasteiger partial charge in [-0.3, -0.25) is 4.68 Å². The molecule has 0 amide bonds. The van der Waals surface area contributed by atoms with Crippen LogP contribution >= 0.6 is 0 Å². The van der Waals surface area contributed by atoms with Gasteiger partial charge in [-0.1, -0.05) is 5.21 Å². The largest absolute Gasteiger partial charge is 0.387 e. The quantitative estimate of drug-likeness (QED) is 0.915. The molecular formula is C16H20F2N4O. The number of hydrogen-bond acceptors (Lipinski definition) is 4. The fourth-order valence-corrected chi connectivity index (χ4v) is 3.06. The summed E-state index contributed by atoms with van der Waals surface area (Å²) in [4.78, 5) is 2.09. The number of rotatable bonds is 5. The Morgan fingerprint density at radius 2 is 2.04 bits per heavy atom. The van der Waals surface area contributed by atoms with Crippen molar-refractivity contribution in [3.05, 3.63) is 47.8 Å². The average molecular weight is 322 g/mol. The van der Waals surface area contributed by atoms with Crippen molar-refractivity contribution in [2.45, 2.75) is 25.5 Å². The van der Waals surface area contributed by atoms with Crippen LogP contribution in [0.25, 0.3) is 0 Å². The van der Waals surface area contributed by atoms with Gasteiger partial charge >= 0.3 is 0 Å². The lowest BCUT2D eigenvalue weighted by atomic mass is 9.96. The number of aliphatic hydroxyl groups is 1. The Bertz CT molecular complexity index is 627. The molecule has 0 radical (unpaired) electrons. The Morgan fingerprint density at radius 3 is 2.74 bits per heavy atom. The van der Waals surface area contributed by atoms with Gasteiger partial charge in [-0.2, -0.15) is 0 Å². The SMILES string of the molecule is OC(CN1CCC(Cn2ccnn2)CC1)c1cc(F)ccc1F. The highest BCUT2D eigenvalue weighted by atomic mass is 19.1. The van der Waals surface area contributed by atoms with Crippen LogP contribution in [0.1, 0.15) is 24.5 Å². The van der Waals surface area contributed by atoms with Gasteiger partial charge in [0.15, 0.2) is 0 Å². The summed E-state index contributed by atoms with van der Waals surface area (Å²) in [6.45, 7) is 2.81. The molecule has 1 aliphatic heterocycles. The molecule has 1 saturated heterocycles. The zero-order chi connectivity index (χ0) is 16.2. The monoisotopic (exact) mass is 322 g/mol. The van der Waals surface area contributed by atoms with Gasteiger partial charge in [-0.05, 0) is 50.0 Å². The van der Waals surface area contributed by atoms with Gasteiger partial charge < -0.3 is 10.0 Å². The molecule has 0 aliphatic carbocycles. The molecule has 3 rings (SSSR count). The molecule has 1 fully saturated rings. The number of piperidine rings is 1. The summed E-state index contributed by atoms with van der Waals surface area (Å²) >= 11 is 0. The zero-order valence-corrected chi connectivity index (χ0v) is 12.8. The first kappa shape index (κ1) is 16.0. The molecule has 2 aromatic rings. The standard InChI is InChI=1S/C16H20F2N4O/c17-13-1-2-15(18)14(9-13)16(23)11-21-6-3-12(4-7-21)10-22-8-5-19-20-22/h1-2,5,8-9,12,16,23H,3-4,6-7,10-11H2. The van der Waals surface area contributed by atoms with Gasteiger partial charge in [0, 0.05) is 24.8 Å². The first-order valence-corrected chi connectivity index (χ1v) is 7.81. The molecule has 2 heterocycles. The summed E-state index contributed by atoms with van der Waals surface area (Å²) < 4.78 is 28.7. The molecule has 1 unspecified atom stereocenters. The van der Waals surface area contributed by atoms with E-state index in [2.05, 4.69) is 15.2 Å². The van der Waals surface area contributed by atoms with Crippen molar-refractivity contribution in [3.63, 3.8) is 0 Å². The summed E-state index contributed by atoms with van der Waals surface area (Å²) in [5.74, 6) is -0.581. The molecule has 124 valence electrons. The molecule has 5 nitrogen and oxygen atoms in total. The van der Waals surface area contributed by atoms with Gasteiger partial charge in [0.25, 0.3) is 0 Å². The zero-order valence-electron chi connectivity index (χ0n) is 12.8. The fourth-order valence-electron chi connectivity index (χ4n) is 3.06. The third kappa shape index (κ3) is 4.11. The van der Waals surface area contributed by atoms with Gasteiger partial charge in [0.1, 0.15) is 11.6 Å². The molecule has 0 saturated carbocycles. The van der Waals surface area contributed by atoms with Crippen molar-refractivity contribution < 1.29 is 13.9 Å². The summed E-state index contributed by atoms with van der Waals surface area (Å²) in [5.41, 5.74) is 0.0229. The number of halogens is 2. The lowest BCUT2D eigenvalue weighted by Crippen LogP contribution is -2.37. The number of β-amino-alcohol motifs (C(OH)–C–C–N with tert-alkyl or cyclic N) is 1. The summed E-state index contributed by atoms with van der Waals surface area (Å²) in [6, 6.07) is 3.18. The minimum Gasteiger partial charge on any atom is -0.387 e. The molecule has 1 N–H and O–H groups in total. The van der Waals surface area contributed by atoms with Crippen molar-refractivity contribution in [2.75, 3.05) is 19.6 Å². The van der Waals surface area contributed by atoms with Gasteiger partial charge in [0.05, 0.1) is 12.3 Å². The van der Waals surface area contributed by atoms with Crippen LogP contribution in [-0.2, 0) is 6.54 Å². The van der Waals surface area contributed by atoms with Gasteiger partial charge in [0.2, 0.25) is 0 Å². The van der Waals surface area contributed by atoms with E-state index in [1.807, 2.05) is 10.9 Å². The van der Waals surface area contributed by atoms with Gasteiger partial charge in [-0.25, -0.2) is 8.78 Å². The third-order valence-corrected chi connectivity index (χ3v) is 4.37. The second-order valence-corrected chi connectivity index (χ2v) is 6.05. The first-order chi connectivity index (χ1) is 11.1. The van der Waals surface area contributed by atoms with Crippen LogP contribution in [0.2, 0.25) is 0 Å². The topological polar surface area (TPSA) is 54.2 Å². The van der Waals surface area contributed by atoms with Crippen LogP contribution in [0.15, 0.2) is 30.6 Å². The highest BCUT2D eigenvalue weighted by molar-refractivity contribution is 5.21. The van der Waals surface area contributed by atoms with Crippen LogP contribution in [-0.4, -0.2) is 44.6 Å². The predicted octanol–water partition coefficient (Wildman–Crippen LogP) is 2.00. The van der Waals surface area contributed by atoms with E-state index in [1.165, 1.54) is 0 Å². The number of benzene rings is 1. The van der Waals surface area contributed by atoms with E-state index in [4.69, 9.17) is 0 Å². The summed E-state index contributed by atoms with van der Waals surface area (Å²) in [7, 11) is 0. The second-order valence-electron chi connectivity index (χ2n) is 6.05. The van der Waals surface area contributed by atoms with Crippen LogP contribution in [0, 0.1) is 17.6 Å². The smallest absolute Gasteiger partial charge is 0.129 e. The van der Waals surface area contributed by atoms with Crippen LogP contribution in [0.5, 0.6) is 0 Å². The van der Waals surface area contributed by atoms with Crippen molar-refractivity contribution >= 4 is 0 Å². The fraction of sp³-hybridized carbons (Fsp3) is 0.500. The summed E-state index contributed by atoms with van der Waals surface area (Å²) in [5, 5.41) is 17.9. The number of hydrogen-bond donors (Lipinski definition) is 1. The number of likely N-dealkylation sites (tertiary alicyclic amines) is 1. The number of nitrogens with zero attached hydrogens (tertiary/aromatic N) is 4. The maximum atomic E-state index is 13.7. The Hall–Kier alpha value is -1.86. The second kappa shape index (κ2) is 7.14. The molecule has 0 spiro atoms. The Labute approximate surface area is 133 Å². The van der Waals surface area contributed by atoms with Crippen LogP contribution < -0.4 is 0 Å². The van der Waals surface area contributed by atoms with E-state index in [-0.39, 0.29) is 5.56 Å². The van der Waals surface area contributed by atoms with Crippen molar-refractivity contribution in [3.8, 4) is 0 Å². The molecular weight excluding hydrogens is 302 g/mol. The predicted molar refractivity (Wildman–Crippen MR) is 80.5 cm³/mol. The maximum Gasteiger partial charge on any atom is 0.129 e. The van der Waals surface area contributed by atoms with Crippen LogP contribution in [0.3, 0.4) is 0 Å². The highest BCUT2D eigenvalue weighted by Crippen LogP contribution is 2.23. The van der Waals surface area contributed by atoms with E-state index in [1.54, 1.807) is 6.20 Å². The minimum absolute atomic E-state index is 0.0229. The van der Waals surface area contributed by atoms with E-state index in [9.17, 15) is 13.9 Å². The highest BCUT2D eigenvalue weighted by Gasteiger charge is 2.23. The Kier molecular flexibility index (Phi) is 4.97. The summed E-state index contributed by atoms with van der Waals surface area (Å²) in [6.07, 6.45) is 4.47. The third-order valence-electron chi connectivity index (χ3n) is 4.37. The van der Waals surface area contributed by atoms with Gasteiger partial charge in [-0.15, -0.1) is 5.10 Å². The number of aliphatic hydroxyl groups excluding tert-OH is 1. The number of aromatic nitrogens is 3. The normalized spacial score (nSPS) is 18.2. The average Bonchev–Trinajstić information content (AvgIpc) is 3.04. The molecule has 1 aromatic heterocycles. The molecule has 1 aliphatic rings. The molecule has 7 heteroatoms. The lowest BCUT2D eigenvalue weighted by molar-refractivity contribution is 0.0836. The van der Waals surface area contributed by atoms with Crippen LogP contribution in [0.4, 0.5) is 8.78 Å². The maximum absolute atomic E-state index is 13.7. The van der Waals surface area contributed by atoms with E-state index in [0.717, 1.165) is 50.7 Å². The molecule has 0 bridgehead atoms. The molecule has 1 aromatic carbocycles. The van der Waals surface area contributed by atoms with E-state index >= 15 is 0 Å². The van der Waals surface area contributed by atoms with Crippen molar-refractivity contribution in [2.24, 2.45) is 5.92 Å². The lowest BCUT2D eigenvalue weighted by Gasteiger charge is -2.33.